The van der Waals surface area contributed by atoms with Crippen molar-refractivity contribution in [2.24, 2.45) is 0 Å². The molecule has 0 saturated heterocycles. The molecule has 1 amide bonds. The van der Waals surface area contributed by atoms with Crippen LogP contribution < -0.4 is 10.6 Å². The van der Waals surface area contributed by atoms with Crippen molar-refractivity contribution < 1.29 is 4.79 Å². The van der Waals surface area contributed by atoms with Crippen molar-refractivity contribution in [3.63, 3.8) is 0 Å². The van der Waals surface area contributed by atoms with Crippen LogP contribution in [-0.4, -0.2) is 25.7 Å². The molecule has 0 saturated carbocycles. The normalized spacial score (nSPS) is 16.1. The third-order valence-electron chi connectivity index (χ3n) is 4.07. The first kappa shape index (κ1) is 15.1. The number of hydrogen-bond acceptors (Lipinski definition) is 5. The fourth-order valence-electron chi connectivity index (χ4n) is 2.96. The van der Waals surface area contributed by atoms with Crippen LogP contribution in [0.25, 0.3) is 0 Å². The zero-order valence-electron chi connectivity index (χ0n) is 13.5. The molecule has 0 aliphatic carbocycles. The Morgan fingerprint density at radius 3 is 2.80 bits per heavy atom. The first-order chi connectivity index (χ1) is 12.2. The van der Waals surface area contributed by atoms with Gasteiger partial charge < -0.3 is 10.6 Å². The molecular formula is C18H16N6O. The minimum absolute atomic E-state index is 0.201. The number of amides is 1. The van der Waals surface area contributed by atoms with E-state index in [0.717, 1.165) is 11.3 Å². The van der Waals surface area contributed by atoms with Crippen LogP contribution in [0.5, 0.6) is 0 Å². The van der Waals surface area contributed by atoms with Gasteiger partial charge in [0.15, 0.2) is 0 Å². The molecule has 1 aliphatic heterocycles. The molecule has 1 atom stereocenters. The lowest BCUT2D eigenvalue weighted by atomic mass is 9.95. The highest BCUT2D eigenvalue weighted by molar-refractivity contribution is 6.05. The van der Waals surface area contributed by atoms with Crippen LogP contribution in [0, 0.1) is 0 Å². The molecule has 2 aromatic heterocycles. The van der Waals surface area contributed by atoms with Gasteiger partial charge in [-0.3, -0.25) is 9.78 Å². The number of allylic oxidation sites excluding steroid dienone is 1. The molecule has 3 aromatic rings. The minimum atomic E-state index is -0.350. The number of anilines is 2. The largest absolute Gasteiger partial charge is 0.328 e. The molecule has 0 radical (unpaired) electrons. The average molecular weight is 332 g/mol. The van der Waals surface area contributed by atoms with Crippen molar-refractivity contribution in [3.8, 4) is 0 Å². The standard InChI is InChI=1S/C18H16N6O/c1-12-15(17(25)23-14-8-5-9-19-10-14)16(13-6-3-2-4-7-13)24-18(22-12)20-11-21-24/h2-11,16H,1H3,(H,23,25)(H,20,21,22)/t16-/m1/s1. The molecule has 4 rings (SSSR count). The Morgan fingerprint density at radius 1 is 1.20 bits per heavy atom. The lowest BCUT2D eigenvalue weighted by molar-refractivity contribution is -0.113. The zero-order valence-corrected chi connectivity index (χ0v) is 13.5. The molecular weight excluding hydrogens is 316 g/mol. The summed E-state index contributed by atoms with van der Waals surface area (Å²) in [6.45, 7) is 1.87. The van der Waals surface area contributed by atoms with Gasteiger partial charge in [-0.1, -0.05) is 30.3 Å². The number of pyridine rings is 1. The molecule has 7 heteroatoms. The molecule has 2 N–H and O–H groups in total. The fourth-order valence-corrected chi connectivity index (χ4v) is 2.96. The highest BCUT2D eigenvalue weighted by atomic mass is 16.1. The quantitative estimate of drug-likeness (QED) is 0.770. The summed E-state index contributed by atoms with van der Waals surface area (Å²) in [7, 11) is 0. The summed E-state index contributed by atoms with van der Waals surface area (Å²) >= 11 is 0. The van der Waals surface area contributed by atoms with E-state index in [-0.39, 0.29) is 11.9 Å². The molecule has 3 heterocycles. The third kappa shape index (κ3) is 2.76. The molecule has 0 unspecified atom stereocenters. The number of rotatable bonds is 3. The van der Waals surface area contributed by atoms with Crippen molar-refractivity contribution in [1.29, 1.82) is 0 Å². The lowest BCUT2D eigenvalue weighted by Crippen LogP contribution is -2.31. The van der Waals surface area contributed by atoms with Crippen molar-refractivity contribution in [2.45, 2.75) is 13.0 Å². The number of carbonyl (C=O) groups is 1. The molecule has 124 valence electrons. The van der Waals surface area contributed by atoms with Crippen LogP contribution in [0.1, 0.15) is 18.5 Å². The van der Waals surface area contributed by atoms with E-state index in [9.17, 15) is 4.79 Å². The Hall–Kier alpha value is -3.48. The zero-order chi connectivity index (χ0) is 17.2. The number of hydrogen-bond donors (Lipinski definition) is 2. The van der Waals surface area contributed by atoms with E-state index in [2.05, 4.69) is 25.7 Å². The van der Waals surface area contributed by atoms with Gasteiger partial charge in [-0.25, -0.2) is 4.68 Å². The van der Waals surface area contributed by atoms with Crippen molar-refractivity contribution in [3.05, 3.63) is 78.0 Å². The van der Waals surface area contributed by atoms with Gasteiger partial charge in [0.25, 0.3) is 5.91 Å². The average Bonchev–Trinajstić information content (AvgIpc) is 3.10. The predicted octanol–water partition coefficient (Wildman–Crippen LogP) is 2.60. The van der Waals surface area contributed by atoms with Gasteiger partial charge in [0, 0.05) is 11.9 Å². The van der Waals surface area contributed by atoms with Crippen LogP contribution in [0.3, 0.4) is 0 Å². The molecule has 1 aliphatic rings. The number of benzene rings is 1. The molecule has 0 spiro atoms. The van der Waals surface area contributed by atoms with Gasteiger partial charge in [0.2, 0.25) is 5.95 Å². The first-order valence-corrected chi connectivity index (χ1v) is 7.87. The summed E-state index contributed by atoms with van der Waals surface area (Å²) in [6, 6.07) is 13.0. The van der Waals surface area contributed by atoms with E-state index in [4.69, 9.17) is 0 Å². The van der Waals surface area contributed by atoms with Crippen LogP contribution in [0.4, 0.5) is 11.6 Å². The van der Waals surface area contributed by atoms with Crippen LogP contribution in [-0.2, 0) is 4.79 Å². The lowest BCUT2D eigenvalue weighted by Gasteiger charge is -2.28. The van der Waals surface area contributed by atoms with Gasteiger partial charge in [0.1, 0.15) is 12.4 Å². The fraction of sp³-hybridized carbons (Fsp3) is 0.111. The highest BCUT2D eigenvalue weighted by Gasteiger charge is 2.33. The predicted molar refractivity (Wildman–Crippen MR) is 93.8 cm³/mol. The molecule has 1 aromatic carbocycles. The van der Waals surface area contributed by atoms with Crippen molar-refractivity contribution in [2.75, 3.05) is 10.6 Å². The van der Waals surface area contributed by atoms with Crippen LogP contribution >= 0.6 is 0 Å². The van der Waals surface area contributed by atoms with Crippen molar-refractivity contribution >= 4 is 17.5 Å². The van der Waals surface area contributed by atoms with Gasteiger partial charge in [-0.15, -0.1) is 0 Å². The molecule has 7 nitrogen and oxygen atoms in total. The maximum absolute atomic E-state index is 13.0. The van der Waals surface area contributed by atoms with E-state index >= 15 is 0 Å². The Labute approximate surface area is 144 Å². The maximum atomic E-state index is 13.0. The van der Waals surface area contributed by atoms with E-state index in [1.54, 1.807) is 29.2 Å². The summed E-state index contributed by atoms with van der Waals surface area (Å²) < 4.78 is 1.72. The number of fused-ring (bicyclic) bond motifs is 1. The Morgan fingerprint density at radius 2 is 2.04 bits per heavy atom. The van der Waals surface area contributed by atoms with E-state index < -0.39 is 0 Å². The minimum Gasteiger partial charge on any atom is -0.328 e. The smallest absolute Gasteiger partial charge is 0.255 e. The van der Waals surface area contributed by atoms with Gasteiger partial charge in [0.05, 0.1) is 17.5 Å². The SMILES string of the molecule is CC1=C(C(=O)Nc2cccnc2)[C@@H](c2ccccc2)n2ncnc2N1. The van der Waals surface area contributed by atoms with Crippen molar-refractivity contribution in [1.82, 2.24) is 19.7 Å². The number of aromatic nitrogens is 4. The second-order valence-corrected chi connectivity index (χ2v) is 5.70. The summed E-state index contributed by atoms with van der Waals surface area (Å²) in [5, 5.41) is 10.4. The van der Waals surface area contributed by atoms with E-state index in [1.165, 1.54) is 6.33 Å². The Bertz CT molecular complexity index is 932. The first-order valence-electron chi connectivity index (χ1n) is 7.87. The van der Waals surface area contributed by atoms with Gasteiger partial charge >= 0.3 is 0 Å². The summed E-state index contributed by atoms with van der Waals surface area (Å²) in [5.74, 6) is 0.414. The monoisotopic (exact) mass is 332 g/mol. The Balaban J connectivity index is 1.77. The second-order valence-electron chi connectivity index (χ2n) is 5.70. The highest BCUT2D eigenvalue weighted by Crippen LogP contribution is 2.34. The molecule has 0 fully saturated rings. The van der Waals surface area contributed by atoms with Crippen LogP contribution in [0.2, 0.25) is 0 Å². The topological polar surface area (TPSA) is 84.7 Å². The van der Waals surface area contributed by atoms with Gasteiger partial charge in [-0.05, 0) is 24.6 Å². The Kier molecular flexibility index (Phi) is 3.74. The van der Waals surface area contributed by atoms with Gasteiger partial charge in [-0.2, -0.15) is 10.1 Å². The number of carbonyl (C=O) groups excluding carboxylic acids is 1. The summed E-state index contributed by atoms with van der Waals surface area (Å²) in [5.41, 5.74) is 2.94. The molecule has 0 bridgehead atoms. The maximum Gasteiger partial charge on any atom is 0.255 e. The van der Waals surface area contributed by atoms with Crippen LogP contribution in [0.15, 0.2) is 72.5 Å². The number of nitrogens with one attached hydrogen (secondary N) is 2. The van der Waals surface area contributed by atoms with E-state index in [1.807, 2.05) is 37.3 Å². The van der Waals surface area contributed by atoms with E-state index in [0.29, 0.717) is 17.2 Å². The molecule has 25 heavy (non-hydrogen) atoms. The third-order valence-corrected chi connectivity index (χ3v) is 4.07. The summed E-state index contributed by atoms with van der Waals surface area (Å²) in [6.07, 6.45) is 4.76. The second kappa shape index (κ2) is 6.20. The summed E-state index contributed by atoms with van der Waals surface area (Å²) in [4.78, 5) is 21.3. The number of nitrogens with zero attached hydrogens (tertiary/aromatic N) is 4.